The topological polar surface area (TPSA) is 97.0 Å². The van der Waals surface area contributed by atoms with Gasteiger partial charge in [0.25, 0.3) is 0 Å². The average molecular weight is 405 g/mol. The number of anilines is 2. The lowest BCUT2D eigenvalue weighted by Crippen LogP contribution is -2.47. The lowest BCUT2D eigenvalue weighted by Gasteiger charge is -2.35. The Bertz CT molecular complexity index is 729. The second-order valence-corrected chi connectivity index (χ2v) is 8.16. The molecule has 1 fully saturated rings. The van der Waals surface area contributed by atoms with Gasteiger partial charge in [0.2, 0.25) is 11.8 Å². The second kappa shape index (κ2) is 10.2. The van der Waals surface area contributed by atoms with Crippen LogP contribution in [0.25, 0.3) is 0 Å². The molecule has 1 atom stereocenters. The highest BCUT2D eigenvalue weighted by atomic mass is 16.6. The average Bonchev–Trinajstić information content (AvgIpc) is 2.67. The second-order valence-electron chi connectivity index (χ2n) is 8.16. The van der Waals surface area contributed by atoms with Crippen LogP contribution < -0.4 is 10.6 Å². The van der Waals surface area contributed by atoms with E-state index in [1.165, 1.54) is 7.11 Å². The van der Waals surface area contributed by atoms with Crippen molar-refractivity contribution in [2.24, 2.45) is 11.3 Å². The maximum Gasteiger partial charge on any atom is 0.411 e. The number of rotatable bonds is 6. The van der Waals surface area contributed by atoms with Gasteiger partial charge >= 0.3 is 6.09 Å². The molecule has 1 aliphatic heterocycles. The lowest BCUT2D eigenvalue weighted by molar-refractivity contribution is -0.142. The number of carbonyl (C=O) groups is 3. The first-order valence-corrected chi connectivity index (χ1v) is 9.83. The van der Waals surface area contributed by atoms with Crippen molar-refractivity contribution in [3.8, 4) is 0 Å². The molecular weight excluding hydrogens is 374 g/mol. The molecule has 0 bridgehead atoms. The fraction of sp³-hybridized carbons (Fsp3) is 0.571. The van der Waals surface area contributed by atoms with Crippen molar-refractivity contribution in [2.75, 3.05) is 44.0 Å². The highest BCUT2D eigenvalue weighted by Gasteiger charge is 2.33. The summed E-state index contributed by atoms with van der Waals surface area (Å²) in [5, 5.41) is 5.50. The quantitative estimate of drug-likeness (QED) is 0.709. The number of amides is 3. The van der Waals surface area contributed by atoms with Gasteiger partial charge in [-0.2, -0.15) is 0 Å². The predicted octanol–water partition coefficient (Wildman–Crippen LogP) is 3.10. The summed E-state index contributed by atoms with van der Waals surface area (Å²) in [6, 6.07) is 6.85. The van der Waals surface area contributed by atoms with Crippen LogP contribution in [0, 0.1) is 11.3 Å². The molecule has 0 radical (unpaired) electrons. The number of likely N-dealkylation sites (tertiary alicyclic amines) is 1. The third-order valence-electron chi connectivity index (χ3n) is 4.62. The number of nitrogens with one attached hydrogen (secondary N) is 2. The van der Waals surface area contributed by atoms with Gasteiger partial charge in [-0.3, -0.25) is 14.9 Å². The summed E-state index contributed by atoms with van der Waals surface area (Å²) in [6.07, 6.45) is 0.951. The van der Waals surface area contributed by atoms with E-state index in [4.69, 9.17) is 9.47 Å². The highest BCUT2D eigenvalue weighted by Crippen LogP contribution is 2.25. The van der Waals surface area contributed by atoms with E-state index < -0.39 is 11.5 Å². The van der Waals surface area contributed by atoms with Crippen LogP contribution in [0.15, 0.2) is 24.3 Å². The Balaban J connectivity index is 1.93. The van der Waals surface area contributed by atoms with Crippen molar-refractivity contribution in [1.82, 2.24) is 4.90 Å². The molecule has 1 aliphatic rings. The van der Waals surface area contributed by atoms with E-state index in [1.54, 1.807) is 29.2 Å². The van der Waals surface area contributed by atoms with Crippen LogP contribution in [0.5, 0.6) is 0 Å². The van der Waals surface area contributed by atoms with E-state index in [-0.39, 0.29) is 24.3 Å². The van der Waals surface area contributed by atoms with Gasteiger partial charge in [-0.1, -0.05) is 26.8 Å². The zero-order valence-electron chi connectivity index (χ0n) is 17.6. The number of ether oxygens (including phenoxy) is 2. The molecule has 160 valence electrons. The fourth-order valence-corrected chi connectivity index (χ4v) is 3.14. The molecular formula is C21H31N3O5. The number of hydrogen-bond acceptors (Lipinski definition) is 5. The van der Waals surface area contributed by atoms with Crippen molar-refractivity contribution in [2.45, 2.75) is 33.6 Å². The molecule has 1 heterocycles. The van der Waals surface area contributed by atoms with Gasteiger partial charge in [0.15, 0.2) is 0 Å². The van der Waals surface area contributed by atoms with Gasteiger partial charge in [0.1, 0.15) is 6.61 Å². The van der Waals surface area contributed by atoms with Gasteiger partial charge < -0.3 is 19.7 Å². The maximum absolute atomic E-state index is 12.7. The minimum Gasteiger partial charge on any atom is -0.447 e. The van der Waals surface area contributed by atoms with Gasteiger partial charge in [-0.15, -0.1) is 0 Å². The van der Waals surface area contributed by atoms with Crippen LogP contribution >= 0.6 is 0 Å². The molecule has 0 saturated carbocycles. The first-order valence-electron chi connectivity index (χ1n) is 9.83. The summed E-state index contributed by atoms with van der Waals surface area (Å²) in [6.45, 7) is 7.24. The molecule has 1 unspecified atom stereocenters. The normalized spacial score (nSPS) is 16.8. The van der Waals surface area contributed by atoms with Gasteiger partial charge in [0, 0.05) is 37.0 Å². The van der Waals surface area contributed by atoms with Crippen LogP contribution in [0.3, 0.4) is 0 Å². The number of methoxy groups -OCH3 is 1. The first kappa shape index (κ1) is 22.7. The van der Waals surface area contributed by atoms with Crippen LogP contribution in [0.4, 0.5) is 16.2 Å². The van der Waals surface area contributed by atoms with Crippen LogP contribution in [0.2, 0.25) is 0 Å². The van der Waals surface area contributed by atoms with Crippen LogP contribution in [0.1, 0.15) is 33.6 Å². The zero-order valence-corrected chi connectivity index (χ0v) is 17.6. The van der Waals surface area contributed by atoms with Crippen molar-refractivity contribution < 1.29 is 23.9 Å². The Kier molecular flexibility index (Phi) is 8.01. The van der Waals surface area contributed by atoms with Gasteiger partial charge in [-0.25, -0.2) is 4.79 Å². The summed E-state index contributed by atoms with van der Waals surface area (Å²) in [5.41, 5.74) is 0.623. The molecule has 8 heteroatoms. The molecule has 29 heavy (non-hydrogen) atoms. The third-order valence-corrected chi connectivity index (χ3v) is 4.62. The molecule has 0 aromatic heterocycles. The summed E-state index contributed by atoms with van der Waals surface area (Å²) >= 11 is 0. The summed E-state index contributed by atoms with van der Waals surface area (Å²) in [4.78, 5) is 38.8. The number of carbonyl (C=O) groups excluding carboxylic acids is 3. The largest absolute Gasteiger partial charge is 0.447 e. The van der Waals surface area contributed by atoms with Gasteiger partial charge in [-0.05, 0) is 31.0 Å². The van der Waals surface area contributed by atoms with E-state index in [2.05, 4.69) is 10.6 Å². The van der Waals surface area contributed by atoms with Crippen molar-refractivity contribution in [3.05, 3.63) is 24.3 Å². The Hall–Kier alpha value is -2.61. The minimum atomic E-state index is -0.589. The number of piperidine rings is 1. The number of nitrogens with zero attached hydrogens (tertiary/aromatic N) is 1. The maximum atomic E-state index is 12.7. The SMILES string of the molecule is COCCOC(=O)Nc1cccc(NC(=O)C2CCCN(C(=O)C(C)(C)C)C2)c1. The Morgan fingerprint density at radius 2 is 1.83 bits per heavy atom. The van der Waals surface area contributed by atoms with Crippen LogP contribution in [-0.2, 0) is 19.1 Å². The Morgan fingerprint density at radius 3 is 2.48 bits per heavy atom. The van der Waals surface area contributed by atoms with Gasteiger partial charge in [0.05, 0.1) is 12.5 Å². The highest BCUT2D eigenvalue weighted by molar-refractivity contribution is 5.94. The molecule has 1 saturated heterocycles. The van der Waals surface area contributed by atoms with E-state index in [0.717, 1.165) is 12.8 Å². The van der Waals surface area contributed by atoms with E-state index >= 15 is 0 Å². The number of hydrogen-bond donors (Lipinski definition) is 2. The number of benzene rings is 1. The Morgan fingerprint density at radius 1 is 1.14 bits per heavy atom. The molecule has 0 aliphatic carbocycles. The monoisotopic (exact) mass is 405 g/mol. The molecule has 1 aromatic carbocycles. The molecule has 0 spiro atoms. The molecule has 8 nitrogen and oxygen atoms in total. The third kappa shape index (κ3) is 7.05. The smallest absolute Gasteiger partial charge is 0.411 e. The van der Waals surface area contributed by atoms with E-state index in [1.807, 2.05) is 20.8 Å². The van der Waals surface area contributed by atoms with E-state index in [9.17, 15) is 14.4 Å². The molecule has 3 amide bonds. The summed E-state index contributed by atoms with van der Waals surface area (Å²) in [5.74, 6) is -0.324. The standard InChI is InChI=1S/C21H31N3O5/c1-21(2,3)19(26)24-10-6-7-15(14-24)18(25)22-16-8-5-9-17(13-16)23-20(27)29-12-11-28-4/h5,8-9,13,15H,6-7,10-12,14H2,1-4H3,(H,22,25)(H,23,27). The lowest BCUT2D eigenvalue weighted by atomic mass is 9.91. The van der Waals surface area contributed by atoms with Crippen molar-refractivity contribution >= 4 is 29.3 Å². The minimum absolute atomic E-state index is 0.0631. The zero-order chi connectivity index (χ0) is 21.4. The van der Waals surface area contributed by atoms with Crippen molar-refractivity contribution in [3.63, 3.8) is 0 Å². The predicted molar refractivity (Wildman–Crippen MR) is 111 cm³/mol. The first-order chi connectivity index (χ1) is 13.7. The summed E-state index contributed by atoms with van der Waals surface area (Å²) < 4.78 is 9.79. The molecule has 2 rings (SSSR count). The van der Waals surface area contributed by atoms with Crippen molar-refractivity contribution in [1.29, 1.82) is 0 Å². The molecule has 2 N–H and O–H groups in total. The molecule has 1 aromatic rings. The van der Waals surface area contributed by atoms with Crippen LogP contribution in [-0.4, -0.2) is 56.2 Å². The Labute approximate surface area is 171 Å². The fourth-order valence-electron chi connectivity index (χ4n) is 3.14. The summed E-state index contributed by atoms with van der Waals surface area (Å²) in [7, 11) is 1.53. The van der Waals surface area contributed by atoms with E-state index in [0.29, 0.717) is 31.1 Å².